The lowest BCUT2D eigenvalue weighted by Gasteiger charge is -2.30. The number of amides is 2. The van der Waals surface area contributed by atoms with Gasteiger partial charge in [0.1, 0.15) is 0 Å². The molecule has 1 fully saturated rings. The number of benzene rings is 2. The summed E-state index contributed by atoms with van der Waals surface area (Å²) in [6.07, 6.45) is 2.56. The Bertz CT molecular complexity index is 771. The molecular formula is C24H31N3O2. The molecule has 29 heavy (non-hydrogen) atoms. The van der Waals surface area contributed by atoms with Crippen LogP contribution in [0, 0.1) is 5.92 Å². The van der Waals surface area contributed by atoms with Gasteiger partial charge in [-0.1, -0.05) is 55.5 Å². The van der Waals surface area contributed by atoms with Crippen LogP contribution in [0.2, 0.25) is 0 Å². The molecule has 0 aliphatic carbocycles. The van der Waals surface area contributed by atoms with Crippen LogP contribution in [0.4, 0.5) is 5.69 Å². The number of carbonyl (C=O) groups is 2. The molecule has 1 heterocycles. The first-order chi connectivity index (χ1) is 14.2. The topological polar surface area (TPSA) is 61.4 Å². The van der Waals surface area contributed by atoms with E-state index in [1.54, 1.807) is 0 Å². The summed E-state index contributed by atoms with van der Waals surface area (Å²) in [6.45, 7) is 4.76. The van der Waals surface area contributed by atoms with Gasteiger partial charge in [0.2, 0.25) is 11.8 Å². The van der Waals surface area contributed by atoms with E-state index in [0.717, 1.165) is 38.0 Å². The van der Waals surface area contributed by atoms with Gasteiger partial charge in [-0.3, -0.25) is 14.5 Å². The van der Waals surface area contributed by atoms with Crippen LogP contribution in [-0.4, -0.2) is 42.9 Å². The SMILES string of the molecule is CCC(CNC(=O)CN1CCC(C(=O)Nc2ccccc2)CC1)c1ccccc1. The number of anilines is 1. The second kappa shape index (κ2) is 10.8. The molecule has 1 saturated heterocycles. The van der Waals surface area contributed by atoms with Crippen molar-refractivity contribution < 1.29 is 9.59 Å². The fourth-order valence-electron chi connectivity index (χ4n) is 3.84. The third-order valence-electron chi connectivity index (χ3n) is 5.68. The van der Waals surface area contributed by atoms with Crippen molar-refractivity contribution in [1.82, 2.24) is 10.2 Å². The average Bonchev–Trinajstić information content (AvgIpc) is 2.76. The molecule has 5 heteroatoms. The van der Waals surface area contributed by atoms with E-state index < -0.39 is 0 Å². The Morgan fingerprint density at radius 1 is 1.00 bits per heavy atom. The minimum atomic E-state index is 0.0112. The fraction of sp³-hybridized carbons (Fsp3) is 0.417. The van der Waals surface area contributed by atoms with Crippen molar-refractivity contribution in [2.45, 2.75) is 32.1 Å². The van der Waals surface area contributed by atoms with Crippen LogP contribution in [-0.2, 0) is 9.59 Å². The average molecular weight is 394 g/mol. The second-order valence-electron chi connectivity index (χ2n) is 7.73. The second-order valence-corrected chi connectivity index (χ2v) is 7.73. The summed E-state index contributed by atoms with van der Waals surface area (Å²) in [6, 6.07) is 19.9. The highest BCUT2D eigenvalue weighted by atomic mass is 16.2. The van der Waals surface area contributed by atoms with Crippen molar-refractivity contribution in [2.24, 2.45) is 5.92 Å². The molecule has 0 radical (unpaired) electrons. The van der Waals surface area contributed by atoms with E-state index in [-0.39, 0.29) is 17.7 Å². The minimum absolute atomic E-state index is 0.0112. The van der Waals surface area contributed by atoms with Crippen molar-refractivity contribution in [1.29, 1.82) is 0 Å². The van der Waals surface area contributed by atoms with Crippen molar-refractivity contribution in [3.63, 3.8) is 0 Å². The van der Waals surface area contributed by atoms with Gasteiger partial charge in [-0.25, -0.2) is 0 Å². The predicted octanol–water partition coefficient (Wildman–Crippen LogP) is 3.65. The van der Waals surface area contributed by atoms with E-state index in [0.29, 0.717) is 19.0 Å². The number of rotatable bonds is 8. The molecule has 154 valence electrons. The summed E-state index contributed by atoms with van der Waals surface area (Å²) in [5, 5.41) is 6.07. The predicted molar refractivity (Wildman–Crippen MR) is 117 cm³/mol. The lowest BCUT2D eigenvalue weighted by atomic mass is 9.95. The normalized spacial score (nSPS) is 16.2. The third-order valence-corrected chi connectivity index (χ3v) is 5.68. The van der Waals surface area contributed by atoms with Crippen LogP contribution in [0.5, 0.6) is 0 Å². The van der Waals surface area contributed by atoms with Gasteiger partial charge in [0.25, 0.3) is 0 Å². The van der Waals surface area contributed by atoms with E-state index in [1.165, 1.54) is 5.56 Å². The van der Waals surface area contributed by atoms with Crippen molar-refractivity contribution in [3.8, 4) is 0 Å². The van der Waals surface area contributed by atoms with Crippen LogP contribution in [0.3, 0.4) is 0 Å². The lowest BCUT2D eigenvalue weighted by Crippen LogP contribution is -2.44. The van der Waals surface area contributed by atoms with Crippen molar-refractivity contribution in [2.75, 3.05) is 31.5 Å². The number of piperidine rings is 1. The van der Waals surface area contributed by atoms with Gasteiger partial charge in [0, 0.05) is 24.1 Å². The molecule has 0 aromatic heterocycles. The number of para-hydroxylation sites is 1. The molecule has 0 bridgehead atoms. The maximum Gasteiger partial charge on any atom is 0.234 e. The van der Waals surface area contributed by atoms with Gasteiger partial charge >= 0.3 is 0 Å². The van der Waals surface area contributed by atoms with Crippen LogP contribution >= 0.6 is 0 Å². The Kier molecular flexibility index (Phi) is 7.82. The monoisotopic (exact) mass is 393 g/mol. The van der Waals surface area contributed by atoms with Gasteiger partial charge < -0.3 is 10.6 Å². The van der Waals surface area contributed by atoms with E-state index in [1.807, 2.05) is 48.5 Å². The fourth-order valence-corrected chi connectivity index (χ4v) is 3.84. The zero-order valence-corrected chi connectivity index (χ0v) is 17.1. The number of nitrogens with zero attached hydrogens (tertiary/aromatic N) is 1. The highest BCUT2D eigenvalue weighted by molar-refractivity contribution is 5.92. The molecule has 2 N–H and O–H groups in total. The molecule has 5 nitrogen and oxygen atoms in total. The molecule has 1 aliphatic rings. The number of hydrogen-bond acceptors (Lipinski definition) is 3. The summed E-state index contributed by atoms with van der Waals surface area (Å²) < 4.78 is 0. The van der Waals surface area contributed by atoms with Gasteiger partial charge in [0.15, 0.2) is 0 Å². The van der Waals surface area contributed by atoms with Crippen LogP contribution in [0.25, 0.3) is 0 Å². The Hall–Kier alpha value is -2.66. The van der Waals surface area contributed by atoms with Gasteiger partial charge in [-0.15, -0.1) is 0 Å². The molecule has 1 aliphatic heterocycles. The standard InChI is InChI=1S/C24H31N3O2/c1-2-19(20-9-5-3-6-10-20)17-25-23(28)18-27-15-13-21(14-16-27)24(29)26-22-11-7-4-8-12-22/h3-12,19,21H,2,13-18H2,1H3,(H,25,28)(H,26,29). The Morgan fingerprint density at radius 2 is 1.62 bits per heavy atom. The summed E-state index contributed by atoms with van der Waals surface area (Å²) in [5.74, 6) is 0.491. The first-order valence-corrected chi connectivity index (χ1v) is 10.6. The van der Waals surface area contributed by atoms with Gasteiger partial charge in [0.05, 0.1) is 6.54 Å². The van der Waals surface area contributed by atoms with E-state index in [9.17, 15) is 9.59 Å². The Balaban J connectivity index is 1.38. The quantitative estimate of drug-likeness (QED) is 0.720. The Morgan fingerprint density at radius 3 is 2.24 bits per heavy atom. The maximum atomic E-state index is 12.4. The number of hydrogen-bond donors (Lipinski definition) is 2. The zero-order valence-electron chi connectivity index (χ0n) is 17.1. The first kappa shape index (κ1) is 21.1. The number of carbonyl (C=O) groups excluding carboxylic acids is 2. The third kappa shape index (κ3) is 6.43. The largest absolute Gasteiger partial charge is 0.354 e. The zero-order chi connectivity index (χ0) is 20.5. The molecule has 0 spiro atoms. The van der Waals surface area contributed by atoms with E-state index in [2.05, 4.69) is 34.6 Å². The number of likely N-dealkylation sites (tertiary alicyclic amines) is 1. The summed E-state index contributed by atoms with van der Waals surface area (Å²) in [4.78, 5) is 27.0. The highest BCUT2D eigenvalue weighted by Crippen LogP contribution is 2.20. The van der Waals surface area contributed by atoms with Gasteiger partial charge in [-0.2, -0.15) is 0 Å². The van der Waals surface area contributed by atoms with Crippen molar-refractivity contribution in [3.05, 3.63) is 66.2 Å². The molecule has 2 aromatic carbocycles. The minimum Gasteiger partial charge on any atom is -0.354 e. The Labute approximate surface area is 173 Å². The molecular weight excluding hydrogens is 362 g/mol. The van der Waals surface area contributed by atoms with E-state index in [4.69, 9.17) is 0 Å². The summed E-state index contributed by atoms with van der Waals surface area (Å²) >= 11 is 0. The lowest BCUT2D eigenvalue weighted by molar-refractivity contribution is -0.123. The highest BCUT2D eigenvalue weighted by Gasteiger charge is 2.26. The maximum absolute atomic E-state index is 12.4. The molecule has 1 unspecified atom stereocenters. The molecule has 0 saturated carbocycles. The van der Waals surface area contributed by atoms with Crippen LogP contribution in [0.15, 0.2) is 60.7 Å². The number of nitrogens with one attached hydrogen (secondary N) is 2. The molecule has 3 rings (SSSR count). The van der Waals surface area contributed by atoms with Crippen LogP contribution < -0.4 is 10.6 Å². The first-order valence-electron chi connectivity index (χ1n) is 10.6. The molecule has 2 aromatic rings. The van der Waals surface area contributed by atoms with Gasteiger partial charge in [-0.05, 0) is 50.0 Å². The van der Waals surface area contributed by atoms with E-state index >= 15 is 0 Å². The molecule has 1 atom stereocenters. The summed E-state index contributed by atoms with van der Waals surface area (Å²) in [7, 11) is 0. The van der Waals surface area contributed by atoms with Crippen molar-refractivity contribution >= 4 is 17.5 Å². The molecule has 2 amide bonds. The smallest absolute Gasteiger partial charge is 0.234 e. The summed E-state index contributed by atoms with van der Waals surface area (Å²) in [5.41, 5.74) is 2.10. The van der Waals surface area contributed by atoms with Crippen LogP contribution in [0.1, 0.15) is 37.7 Å².